The van der Waals surface area contributed by atoms with E-state index >= 15 is 0 Å². The zero-order valence-electron chi connectivity index (χ0n) is 16.4. The van der Waals surface area contributed by atoms with E-state index in [4.69, 9.17) is 0 Å². The number of amides is 1. The van der Waals surface area contributed by atoms with E-state index in [1.807, 2.05) is 79.4 Å². The minimum atomic E-state index is -0.508. The van der Waals surface area contributed by atoms with Crippen LogP contribution < -0.4 is 10.9 Å². The summed E-state index contributed by atoms with van der Waals surface area (Å²) in [5.74, 6) is -0.132. The molecule has 1 amide bonds. The number of para-hydroxylation sites is 1. The minimum Gasteiger partial charge on any atom is -0.324 e. The van der Waals surface area contributed by atoms with Crippen LogP contribution in [0.2, 0.25) is 0 Å². The Labute approximate surface area is 162 Å². The predicted molar refractivity (Wildman–Crippen MR) is 111 cm³/mol. The first-order valence-electron chi connectivity index (χ1n) is 9.24. The molecule has 6 heteroatoms. The molecule has 6 nitrogen and oxygen atoms in total. The van der Waals surface area contributed by atoms with E-state index in [1.54, 1.807) is 0 Å². The monoisotopic (exact) mass is 374 g/mol. The van der Waals surface area contributed by atoms with Gasteiger partial charge in [0.05, 0.1) is 5.52 Å². The number of benzene rings is 2. The number of anilines is 1. The van der Waals surface area contributed by atoms with Crippen LogP contribution in [0.4, 0.5) is 5.69 Å². The third-order valence-corrected chi connectivity index (χ3v) is 5.08. The molecule has 4 aromatic rings. The molecule has 0 radical (unpaired) electrons. The van der Waals surface area contributed by atoms with Crippen molar-refractivity contribution in [3.8, 4) is 0 Å². The summed E-state index contributed by atoms with van der Waals surface area (Å²) in [6.07, 6.45) is 0. The smallest absolute Gasteiger partial charge is 0.273 e. The Bertz CT molecular complexity index is 1280. The Morgan fingerprint density at radius 2 is 1.82 bits per heavy atom. The summed E-state index contributed by atoms with van der Waals surface area (Å²) < 4.78 is 3.74. The lowest BCUT2D eigenvalue weighted by molar-refractivity contribution is -0.119. The van der Waals surface area contributed by atoms with E-state index in [0.717, 1.165) is 33.4 Å². The Kier molecular flexibility index (Phi) is 4.26. The Balaban J connectivity index is 1.85. The number of hydrogen-bond acceptors (Lipinski definition) is 3. The molecule has 1 atom stereocenters. The van der Waals surface area contributed by atoms with Gasteiger partial charge >= 0.3 is 0 Å². The van der Waals surface area contributed by atoms with Crippen LogP contribution in [0, 0.1) is 20.8 Å². The third kappa shape index (κ3) is 2.87. The molecule has 0 saturated heterocycles. The van der Waals surface area contributed by atoms with Crippen molar-refractivity contribution in [3.05, 3.63) is 75.7 Å². The quantitative estimate of drug-likeness (QED) is 0.593. The van der Waals surface area contributed by atoms with E-state index < -0.39 is 6.04 Å². The van der Waals surface area contributed by atoms with E-state index in [2.05, 4.69) is 10.3 Å². The van der Waals surface area contributed by atoms with Crippen LogP contribution in [-0.4, -0.2) is 20.1 Å². The van der Waals surface area contributed by atoms with Crippen molar-refractivity contribution < 1.29 is 4.79 Å². The molecule has 0 spiro atoms. The summed E-state index contributed by atoms with van der Waals surface area (Å²) >= 11 is 0. The number of hydrogen-bond donors (Lipinski definition) is 1. The minimum absolute atomic E-state index is 0.132. The second-order valence-electron chi connectivity index (χ2n) is 7.22. The van der Waals surface area contributed by atoms with Crippen molar-refractivity contribution in [1.29, 1.82) is 0 Å². The summed E-state index contributed by atoms with van der Waals surface area (Å²) in [4.78, 5) is 29.2. The Morgan fingerprint density at radius 3 is 2.57 bits per heavy atom. The first kappa shape index (κ1) is 18.0. The van der Waals surface area contributed by atoms with Crippen molar-refractivity contribution >= 4 is 28.1 Å². The van der Waals surface area contributed by atoms with Crippen LogP contribution >= 0.6 is 0 Å². The molecule has 142 valence electrons. The van der Waals surface area contributed by atoms with E-state index in [9.17, 15) is 9.59 Å². The topological polar surface area (TPSA) is 68.4 Å². The fourth-order valence-electron chi connectivity index (χ4n) is 3.69. The summed E-state index contributed by atoms with van der Waals surface area (Å²) in [7, 11) is 0. The van der Waals surface area contributed by atoms with E-state index in [1.165, 1.54) is 6.07 Å². The zero-order valence-corrected chi connectivity index (χ0v) is 16.4. The number of aromatic nitrogens is 3. The number of nitrogens with one attached hydrogen (secondary N) is 1. The molecule has 2 heterocycles. The molecule has 28 heavy (non-hydrogen) atoms. The van der Waals surface area contributed by atoms with Crippen LogP contribution in [0.1, 0.15) is 29.8 Å². The molecule has 0 aliphatic heterocycles. The van der Waals surface area contributed by atoms with Gasteiger partial charge in [-0.05, 0) is 51.5 Å². The molecule has 4 rings (SSSR count). The van der Waals surface area contributed by atoms with Crippen molar-refractivity contribution in [2.75, 3.05) is 5.32 Å². The highest BCUT2D eigenvalue weighted by atomic mass is 16.2. The van der Waals surface area contributed by atoms with Gasteiger partial charge in [-0.15, -0.1) is 0 Å². The SMILES string of the molecule is Cc1ccc(NC(=O)[C@@H](C)n2c3ccccc3c3nc(=O)cc(C)n32)c(C)c1. The van der Waals surface area contributed by atoms with Gasteiger partial charge in [-0.2, -0.15) is 4.98 Å². The highest BCUT2D eigenvalue weighted by molar-refractivity contribution is 5.97. The van der Waals surface area contributed by atoms with Crippen LogP contribution in [0.5, 0.6) is 0 Å². The maximum Gasteiger partial charge on any atom is 0.273 e. The van der Waals surface area contributed by atoms with Crippen molar-refractivity contribution in [2.45, 2.75) is 33.7 Å². The Hall–Kier alpha value is -3.41. The maximum atomic E-state index is 13.1. The molecule has 0 bridgehead atoms. The third-order valence-electron chi connectivity index (χ3n) is 5.08. The Morgan fingerprint density at radius 1 is 1.07 bits per heavy atom. The molecule has 0 aliphatic carbocycles. The molecule has 0 aliphatic rings. The van der Waals surface area contributed by atoms with Crippen molar-refractivity contribution in [1.82, 2.24) is 14.2 Å². The molecule has 2 aromatic carbocycles. The zero-order chi connectivity index (χ0) is 20.0. The lowest BCUT2D eigenvalue weighted by Crippen LogP contribution is -2.27. The average molecular weight is 374 g/mol. The first-order valence-corrected chi connectivity index (χ1v) is 9.24. The van der Waals surface area contributed by atoms with Gasteiger partial charge in [-0.1, -0.05) is 29.8 Å². The standard InChI is InChI=1S/C22H22N4O2/c1-13-9-10-18(14(2)11-13)23-22(28)16(4)26-19-8-6-5-7-17(19)21-24-20(27)12-15(3)25(21)26/h5-12,16H,1-4H3,(H,23,28)/t16-/m1/s1. The number of aryl methyl sites for hydroxylation is 3. The lowest BCUT2D eigenvalue weighted by Gasteiger charge is -2.19. The highest BCUT2D eigenvalue weighted by Gasteiger charge is 2.22. The van der Waals surface area contributed by atoms with Crippen LogP contribution in [0.3, 0.4) is 0 Å². The van der Waals surface area contributed by atoms with Gasteiger partial charge in [0.15, 0.2) is 5.65 Å². The van der Waals surface area contributed by atoms with Gasteiger partial charge in [-0.25, -0.2) is 4.52 Å². The molecule has 0 unspecified atom stereocenters. The van der Waals surface area contributed by atoms with Crippen molar-refractivity contribution in [3.63, 3.8) is 0 Å². The number of carbonyl (C=O) groups is 1. The molecule has 1 N–H and O–H groups in total. The molecular formula is C22H22N4O2. The van der Waals surface area contributed by atoms with E-state index in [-0.39, 0.29) is 11.5 Å². The highest BCUT2D eigenvalue weighted by Crippen LogP contribution is 2.26. The number of nitrogens with zero attached hydrogens (tertiary/aromatic N) is 3. The van der Waals surface area contributed by atoms with Crippen molar-refractivity contribution in [2.24, 2.45) is 0 Å². The summed E-state index contributed by atoms with van der Waals surface area (Å²) in [5, 5.41) is 3.87. The summed E-state index contributed by atoms with van der Waals surface area (Å²) in [5.41, 5.74) is 4.83. The molecule has 0 fully saturated rings. The van der Waals surface area contributed by atoms with Crippen LogP contribution in [-0.2, 0) is 4.79 Å². The van der Waals surface area contributed by atoms with Gasteiger partial charge in [0.2, 0.25) is 5.91 Å². The summed E-state index contributed by atoms with van der Waals surface area (Å²) in [6.45, 7) is 7.70. The predicted octanol–water partition coefficient (Wildman–Crippen LogP) is 3.77. The number of carbonyl (C=O) groups excluding carboxylic acids is 1. The number of rotatable bonds is 3. The average Bonchev–Trinajstić information content (AvgIpc) is 2.98. The van der Waals surface area contributed by atoms with Crippen LogP contribution in [0.15, 0.2) is 53.3 Å². The first-order chi connectivity index (χ1) is 13.4. The summed E-state index contributed by atoms with van der Waals surface area (Å²) in [6, 6.07) is 14.6. The van der Waals surface area contributed by atoms with Gasteiger partial charge in [0, 0.05) is 22.8 Å². The maximum absolute atomic E-state index is 13.1. The molecule has 2 aromatic heterocycles. The fourth-order valence-corrected chi connectivity index (χ4v) is 3.69. The van der Waals surface area contributed by atoms with Gasteiger partial charge < -0.3 is 5.32 Å². The largest absolute Gasteiger partial charge is 0.324 e. The van der Waals surface area contributed by atoms with Gasteiger partial charge in [0.1, 0.15) is 6.04 Å². The molecular weight excluding hydrogens is 352 g/mol. The normalized spacial score (nSPS) is 12.4. The van der Waals surface area contributed by atoms with Gasteiger partial charge in [0.25, 0.3) is 5.56 Å². The lowest BCUT2D eigenvalue weighted by atomic mass is 10.1. The molecule has 0 saturated carbocycles. The second kappa shape index (κ2) is 6.64. The number of fused-ring (bicyclic) bond motifs is 3. The van der Waals surface area contributed by atoms with E-state index in [0.29, 0.717) is 5.65 Å². The second-order valence-corrected chi connectivity index (χ2v) is 7.22. The van der Waals surface area contributed by atoms with Crippen LogP contribution in [0.25, 0.3) is 16.6 Å². The fraction of sp³-hybridized carbons (Fsp3) is 0.227. The van der Waals surface area contributed by atoms with Gasteiger partial charge in [-0.3, -0.25) is 14.3 Å².